The molecule has 0 heterocycles. The lowest BCUT2D eigenvalue weighted by Gasteiger charge is -2.30. The molecule has 4 heteroatoms. The summed E-state index contributed by atoms with van der Waals surface area (Å²) in [4.78, 5) is 0. The average molecular weight is 187 g/mol. The van der Waals surface area contributed by atoms with Crippen molar-refractivity contribution >= 4 is 17.3 Å². The van der Waals surface area contributed by atoms with Crippen LogP contribution in [0.25, 0.3) is 0 Å². The lowest BCUT2D eigenvalue weighted by atomic mass is 9.86. The van der Waals surface area contributed by atoms with Gasteiger partial charge in [-0.05, 0) is 31.0 Å². The molecule has 1 saturated carbocycles. The van der Waals surface area contributed by atoms with Gasteiger partial charge in [0.25, 0.3) is 0 Å². The molecule has 0 aromatic carbocycles. The van der Waals surface area contributed by atoms with Crippen molar-refractivity contribution in [1.82, 2.24) is 10.7 Å². The summed E-state index contributed by atoms with van der Waals surface area (Å²) in [5, 5.41) is 3.78. The first kappa shape index (κ1) is 9.74. The third-order valence-electron chi connectivity index (χ3n) is 2.56. The second kappa shape index (κ2) is 4.62. The standard InChI is InChI=1S/C8H17N3S/c1-6-4-2-3-5-7(6)10-8(12)11-9/h6-7H,2-5,9H2,1H3,(H2,10,11,12)/t6-,7+/m0/s1. The molecule has 1 rings (SSSR count). The van der Waals surface area contributed by atoms with Crippen LogP contribution in [0.3, 0.4) is 0 Å². The number of hydrogen-bond donors (Lipinski definition) is 3. The Bertz CT molecular complexity index is 160. The zero-order valence-corrected chi connectivity index (χ0v) is 8.29. The van der Waals surface area contributed by atoms with E-state index in [0.29, 0.717) is 17.1 Å². The van der Waals surface area contributed by atoms with Crippen molar-refractivity contribution in [2.45, 2.75) is 38.6 Å². The van der Waals surface area contributed by atoms with Gasteiger partial charge in [-0.3, -0.25) is 0 Å². The van der Waals surface area contributed by atoms with Crippen LogP contribution in [-0.2, 0) is 0 Å². The van der Waals surface area contributed by atoms with Crippen molar-refractivity contribution in [2.75, 3.05) is 0 Å². The number of thiocarbonyl (C=S) groups is 1. The summed E-state index contributed by atoms with van der Waals surface area (Å²) in [7, 11) is 0. The molecule has 0 amide bonds. The molecule has 1 fully saturated rings. The molecule has 4 N–H and O–H groups in total. The highest BCUT2D eigenvalue weighted by atomic mass is 32.1. The first-order chi connectivity index (χ1) is 5.74. The van der Waals surface area contributed by atoms with Gasteiger partial charge in [-0.15, -0.1) is 0 Å². The Kier molecular flexibility index (Phi) is 3.75. The fourth-order valence-electron chi connectivity index (χ4n) is 1.74. The Morgan fingerprint density at radius 3 is 2.67 bits per heavy atom. The van der Waals surface area contributed by atoms with E-state index >= 15 is 0 Å². The summed E-state index contributed by atoms with van der Waals surface area (Å²) in [6.07, 6.45) is 5.16. The SMILES string of the molecule is C[C@H]1CCCC[C@H]1NC(=S)NN. The molecule has 0 bridgehead atoms. The molecule has 0 aromatic heterocycles. The molecule has 2 atom stereocenters. The van der Waals surface area contributed by atoms with Gasteiger partial charge >= 0.3 is 0 Å². The predicted octanol–water partition coefficient (Wildman–Crippen LogP) is 0.903. The molecule has 1 aliphatic rings. The van der Waals surface area contributed by atoms with E-state index in [2.05, 4.69) is 17.7 Å². The number of hydrogen-bond acceptors (Lipinski definition) is 2. The highest BCUT2D eigenvalue weighted by Crippen LogP contribution is 2.23. The minimum atomic E-state index is 0.516. The van der Waals surface area contributed by atoms with Gasteiger partial charge in [0.15, 0.2) is 5.11 Å². The van der Waals surface area contributed by atoms with Gasteiger partial charge < -0.3 is 10.7 Å². The quantitative estimate of drug-likeness (QED) is 0.324. The van der Waals surface area contributed by atoms with Gasteiger partial charge in [0.1, 0.15) is 0 Å². The van der Waals surface area contributed by atoms with Gasteiger partial charge in [-0.1, -0.05) is 19.8 Å². The second-order valence-electron chi connectivity index (χ2n) is 3.49. The third-order valence-corrected chi connectivity index (χ3v) is 2.79. The molecule has 0 aliphatic heterocycles. The summed E-state index contributed by atoms with van der Waals surface area (Å²) in [6, 6.07) is 0.516. The van der Waals surface area contributed by atoms with Crippen LogP contribution in [0.15, 0.2) is 0 Å². The van der Waals surface area contributed by atoms with Gasteiger partial charge in [0, 0.05) is 6.04 Å². The maximum Gasteiger partial charge on any atom is 0.180 e. The normalized spacial score (nSPS) is 29.5. The fourth-order valence-corrected chi connectivity index (χ4v) is 1.89. The summed E-state index contributed by atoms with van der Waals surface area (Å²) in [6.45, 7) is 2.26. The lowest BCUT2D eigenvalue weighted by Crippen LogP contribution is -2.48. The molecular weight excluding hydrogens is 170 g/mol. The first-order valence-corrected chi connectivity index (χ1v) is 4.92. The maximum absolute atomic E-state index is 5.18. The molecule has 0 unspecified atom stereocenters. The Hall–Kier alpha value is -0.350. The third kappa shape index (κ3) is 2.60. The van der Waals surface area contributed by atoms with E-state index in [4.69, 9.17) is 18.1 Å². The van der Waals surface area contributed by atoms with Crippen molar-refractivity contribution in [3.63, 3.8) is 0 Å². The minimum absolute atomic E-state index is 0.516. The van der Waals surface area contributed by atoms with Gasteiger partial charge in [0.2, 0.25) is 0 Å². The predicted molar refractivity (Wildman–Crippen MR) is 54.5 cm³/mol. The molecule has 0 spiro atoms. The molecule has 0 aromatic rings. The summed E-state index contributed by atoms with van der Waals surface area (Å²) >= 11 is 4.94. The largest absolute Gasteiger partial charge is 0.359 e. The van der Waals surface area contributed by atoms with Crippen LogP contribution in [0.5, 0.6) is 0 Å². The molecular formula is C8H17N3S. The minimum Gasteiger partial charge on any atom is -0.359 e. The van der Waals surface area contributed by atoms with E-state index in [1.165, 1.54) is 25.7 Å². The first-order valence-electron chi connectivity index (χ1n) is 4.51. The van der Waals surface area contributed by atoms with E-state index in [0.717, 1.165) is 0 Å². The molecule has 0 saturated heterocycles. The number of rotatable bonds is 1. The smallest absolute Gasteiger partial charge is 0.180 e. The molecule has 0 radical (unpaired) electrons. The lowest BCUT2D eigenvalue weighted by molar-refractivity contribution is 0.308. The van der Waals surface area contributed by atoms with E-state index in [-0.39, 0.29) is 0 Å². The molecule has 12 heavy (non-hydrogen) atoms. The van der Waals surface area contributed by atoms with E-state index in [1.807, 2.05) is 0 Å². The van der Waals surface area contributed by atoms with Crippen LogP contribution in [0.1, 0.15) is 32.6 Å². The van der Waals surface area contributed by atoms with Gasteiger partial charge in [0.05, 0.1) is 0 Å². The van der Waals surface area contributed by atoms with Crippen LogP contribution in [-0.4, -0.2) is 11.2 Å². The fraction of sp³-hybridized carbons (Fsp3) is 0.875. The van der Waals surface area contributed by atoms with Crippen LogP contribution in [0, 0.1) is 5.92 Å². The molecule has 1 aliphatic carbocycles. The van der Waals surface area contributed by atoms with Crippen molar-refractivity contribution in [3.05, 3.63) is 0 Å². The Labute approximate surface area is 79.1 Å². The Balaban J connectivity index is 2.33. The zero-order chi connectivity index (χ0) is 8.97. The number of hydrazine groups is 1. The van der Waals surface area contributed by atoms with Crippen molar-refractivity contribution in [3.8, 4) is 0 Å². The van der Waals surface area contributed by atoms with Gasteiger partial charge in [-0.25, -0.2) is 5.84 Å². The molecule has 70 valence electrons. The Morgan fingerprint density at radius 1 is 1.42 bits per heavy atom. The summed E-state index contributed by atoms with van der Waals surface area (Å²) in [5.41, 5.74) is 2.45. The van der Waals surface area contributed by atoms with Crippen molar-refractivity contribution in [2.24, 2.45) is 11.8 Å². The van der Waals surface area contributed by atoms with Crippen LogP contribution < -0.4 is 16.6 Å². The van der Waals surface area contributed by atoms with Crippen molar-refractivity contribution in [1.29, 1.82) is 0 Å². The van der Waals surface area contributed by atoms with E-state index < -0.39 is 0 Å². The van der Waals surface area contributed by atoms with Crippen LogP contribution in [0.4, 0.5) is 0 Å². The highest BCUT2D eigenvalue weighted by Gasteiger charge is 2.21. The topological polar surface area (TPSA) is 50.1 Å². The van der Waals surface area contributed by atoms with E-state index in [9.17, 15) is 0 Å². The number of nitrogens with two attached hydrogens (primary N) is 1. The average Bonchev–Trinajstić information content (AvgIpc) is 2.09. The van der Waals surface area contributed by atoms with Crippen LogP contribution in [0.2, 0.25) is 0 Å². The second-order valence-corrected chi connectivity index (χ2v) is 3.89. The van der Waals surface area contributed by atoms with Crippen LogP contribution >= 0.6 is 12.2 Å². The Morgan fingerprint density at radius 2 is 2.08 bits per heavy atom. The van der Waals surface area contributed by atoms with E-state index in [1.54, 1.807) is 0 Å². The zero-order valence-electron chi connectivity index (χ0n) is 7.47. The monoisotopic (exact) mass is 187 g/mol. The van der Waals surface area contributed by atoms with Gasteiger partial charge in [-0.2, -0.15) is 0 Å². The highest BCUT2D eigenvalue weighted by molar-refractivity contribution is 7.80. The van der Waals surface area contributed by atoms with Crippen molar-refractivity contribution < 1.29 is 0 Å². The number of nitrogens with one attached hydrogen (secondary N) is 2. The summed E-state index contributed by atoms with van der Waals surface area (Å²) < 4.78 is 0. The summed E-state index contributed by atoms with van der Waals surface area (Å²) in [5.74, 6) is 5.89. The molecule has 3 nitrogen and oxygen atoms in total. The maximum atomic E-state index is 5.18.